The normalized spacial score (nSPS) is 33.4. The van der Waals surface area contributed by atoms with Crippen molar-refractivity contribution in [2.24, 2.45) is 11.8 Å². The molecule has 0 aromatic heterocycles. The van der Waals surface area contributed by atoms with Gasteiger partial charge in [0.25, 0.3) is 0 Å². The van der Waals surface area contributed by atoms with Crippen molar-refractivity contribution in [3.05, 3.63) is 0 Å². The first-order chi connectivity index (χ1) is 6.79. The molecule has 3 nitrogen and oxygen atoms in total. The lowest BCUT2D eigenvalue weighted by Crippen LogP contribution is -2.41. The van der Waals surface area contributed by atoms with Crippen LogP contribution in [0.1, 0.15) is 26.2 Å². The van der Waals surface area contributed by atoms with Gasteiger partial charge in [0, 0.05) is 19.6 Å². The highest BCUT2D eigenvalue weighted by atomic mass is 16.2. The zero-order valence-electron chi connectivity index (χ0n) is 8.96. The van der Waals surface area contributed by atoms with Crippen LogP contribution in [0.15, 0.2) is 0 Å². The molecule has 0 saturated carbocycles. The Balaban J connectivity index is 1.92. The Kier molecular flexibility index (Phi) is 3.06. The fraction of sp³-hybridized carbons (Fsp3) is 0.909. The van der Waals surface area contributed by atoms with Crippen molar-refractivity contribution < 1.29 is 4.79 Å². The zero-order chi connectivity index (χ0) is 9.97. The van der Waals surface area contributed by atoms with Gasteiger partial charge < -0.3 is 10.2 Å². The van der Waals surface area contributed by atoms with E-state index in [4.69, 9.17) is 0 Å². The van der Waals surface area contributed by atoms with E-state index < -0.39 is 0 Å². The van der Waals surface area contributed by atoms with Crippen LogP contribution in [0.4, 0.5) is 0 Å². The predicted octanol–water partition coefficient (Wildman–Crippen LogP) is 0.854. The first-order valence-electron chi connectivity index (χ1n) is 5.78. The van der Waals surface area contributed by atoms with Crippen molar-refractivity contribution >= 4 is 5.91 Å². The van der Waals surface area contributed by atoms with E-state index in [2.05, 4.69) is 17.1 Å². The van der Waals surface area contributed by atoms with Gasteiger partial charge >= 0.3 is 0 Å². The molecule has 0 bridgehead atoms. The summed E-state index contributed by atoms with van der Waals surface area (Å²) < 4.78 is 0. The van der Waals surface area contributed by atoms with Crippen LogP contribution in [0.5, 0.6) is 0 Å². The van der Waals surface area contributed by atoms with Crippen LogP contribution in [0.25, 0.3) is 0 Å². The number of amides is 1. The SMILES string of the molecule is C[C@@H]1CNC[C@H]1C(=O)N1CCCCC1. The van der Waals surface area contributed by atoms with E-state index >= 15 is 0 Å². The second-order valence-electron chi connectivity index (χ2n) is 4.63. The maximum Gasteiger partial charge on any atom is 0.227 e. The highest BCUT2D eigenvalue weighted by molar-refractivity contribution is 5.79. The van der Waals surface area contributed by atoms with Crippen molar-refractivity contribution in [3.63, 3.8) is 0 Å². The van der Waals surface area contributed by atoms with Gasteiger partial charge in [0.2, 0.25) is 5.91 Å². The molecule has 2 aliphatic heterocycles. The van der Waals surface area contributed by atoms with Crippen molar-refractivity contribution in [2.45, 2.75) is 26.2 Å². The van der Waals surface area contributed by atoms with Crippen molar-refractivity contribution in [1.82, 2.24) is 10.2 Å². The third kappa shape index (κ3) is 1.92. The number of piperidine rings is 1. The topological polar surface area (TPSA) is 32.3 Å². The molecule has 3 heteroatoms. The average molecular weight is 196 g/mol. The molecule has 0 aliphatic carbocycles. The third-order valence-corrected chi connectivity index (χ3v) is 3.50. The molecular formula is C11H20N2O. The Morgan fingerprint density at radius 3 is 2.50 bits per heavy atom. The molecule has 1 amide bonds. The number of carbonyl (C=O) groups excluding carboxylic acids is 1. The standard InChI is InChI=1S/C11H20N2O/c1-9-7-12-8-10(9)11(14)13-5-3-2-4-6-13/h9-10,12H,2-8H2,1H3/t9-,10-/m1/s1. The second kappa shape index (κ2) is 4.30. The molecule has 0 radical (unpaired) electrons. The van der Waals surface area contributed by atoms with Crippen LogP contribution < -0.4 is 5.32 Å². The molecule has 2 heterocycles. The molecule has 0 aromatic carbocycles. The summed E-state index contributed by atoms with van der Waals surface area (Å²) in [6, 6.07) is 0. The molecule has 1 N–H and O–H groups in total. The van der Waals surface area contributed by atoms with Gasteiger partial charge in [-0.1, -0.05) is 6.92 Å². The second-order valence-corrected chi connectivity index (χ2v) is 4.63. The first-order valence-corrected chi connectivity index (χ1v) is 5.78. The number of rotatable bonds is 1. The van der Waals surface area contributed by atoms with Crippen molar-refractivity contribution in [2.75, 3.05) is 26.2 Å². The summed E-state index contributed by atoms with van der Waals surface area (Å²) >= 11 is 0. The van der Waals surface area contributed by atoms with Crippen LogP contribution in [-0.4, -0.2) is 37.0 Å². The Hall–Kier alpha value is -0.570. The summed E-state index contributed by atoms with van der Waals surface area (Å²) in [5.41, 5.74) is 0. The van der Waals surface area contributed by atoms with Gasteiger partial charge in [-0.3, -0.25) is 4.79 Å². The smallest absolute Gasteiger partial charge is 0.227 e. The fourth-order valence-corrected chi connectivity index (χ4v) is 2.49. The molecule has 0 aromatic rings. The maximum atomic E-state index is 12.1. The quantitative estimate of drug-likeness (QED) is 0.674. The van der Waals surface area contributed by atoms with Gasteiger partial charge in [-0.2, -0.15) is 0 Å². The Bertz CT molecular complexity index is 211. The summed E-state index contributed by atoms with van der Waals surface area (Å²) in [5.74, 6) is 1.15. The monoisotopic (exact) mass is 196 g/mol. The van der Waals surface area contributed by atoms with Crippen LogP contribution in [0.3, 0.4) is 0 Å². The van der Waals surface area contributed by atoms with Gasteiger partial charge in [-0.05, 0) is 31.7 Å². The van der Waals surface area contributed by atoms with E-state index in [0.29, 0.717) is 11.8 Å². The molecule has 0 spiro atoms. The lowest BCUT2D eigenvalue weighted by Gasteiger charge is -2.30. The maximum absolute atomic E-state index is 12.1. The average Bonchev–Trinajstić information content (AvgIpc) is 2.65. The van der Waals surface area contributed by atoms with Crippen LogP contribution >= 0.6 is 0 Å². The molecule has 2 rings (SSSR count). The van der Waals surface area contributed by atoms with Gasteiger partial charge in [-0.25, -0.2) is 0 Å². The molecule has 2 aliphatic rings. The van der Waals surface area contributed by atoms with Crippen LogP contribution in [-0.2, 0) is 4.79 Å². The van der Waals surface area contributed by atoms with Crippen molar-refractivity contribution in [1.29, 1.82) is 0 Å². The minimum Gasteiger partial charge on any atom is -0.342 e. The third-order valence-electron chi connectivity index (χ3n) is 3.50. The Morgan fingerprint density at radius 1 is 1.21 bits per heavy atom. The van der Waals surface area contributed by atoms with Crippen molar-refractivity contribution in [3.8, 4) is 0 Å². The number of nitrogens with one attached hydrogen (secondary N) is 1. The van der Waals surface area contributed by atoms with Crippen LogP contribution in [0, 0.1) is 11.8 Å². The number of likely N-dealkylation sites (tertiary alicyclic amines) is 1. The largest absolute Gasteiger partial charge is 0.342 e. The number of hydrogen-bond acceptors (Lipinski definition) is 2. The van der Waals surface area contributed by atoms with Gasteiger partial charge in [0.1, 0.15) is 0 Å². The Morgan fingerprint density at radius 2 is 1.93 bits per heavy atom. The molecule has 14 heavy (non-hydrogen) atoms. The summed E-state index contributed by atoms with van der Waals surface area (Å²) in [6.07, 6.45) is 3.68. The number of nitrogens with zero attached hydrogens (tertiary/aromatic N) is 1. The van der Waals surface area contributed by atoms with E-state index in [1.807, 2.05) is 0 Å². The van der Waals surface area contributed by atoms with Gasteiger partial charge in [0.15, 0.2) is 0 Å². The van der Waals surface area contributed by atoms with Crippen LogP contribution in [0.2, 0.25) is 0 Å². The summed E-state index contributed by atoms with van der Waals surface area (Å²) in [7, 11) is 0. The minimum atomic E-state index is 0.244. The molecular weight excluding hydrogens is 176 g/mol. The molecule has 2 fully saturated rings. The highest BCUT2D eigenvalue weighted by Crippen LogP contribution is 2.20. The van der Waals surface area contributed by atoms with E-state index in [0.717, 1.165) is 26.2 Å². The highest BCUT2D eigenvalue weighted by Gasteiger charge is 2.32. The van der Waals surface area contributed by atoms with Gasteiger partial charge in [-0.15, -0.1) is 0 Å². The molecule has 2 saturated heterocycles. The lowest BCUT2D eigenvalue weighted by molar-refractivity contribution is -0.136. The molecule has 80 valence electrons. The van der Waals surface area contributed by atoms with E-state index in [1.54, 1.807) is 0 Å². The lowest BCUT2D eigenvalue weighted by atomic mass is 9.95. The minimum absolute atomic E-state index is 0.244. The first kappa shape index (κ1) is 9.97. The van der Waals surface area contributed by atoms with E-state index in [9.17, 15) is 4.79 Å². The predicted molar refractivity (Wildman–Crippen MR) is 56.0 cm³/mol. The summed E-state index contributed by atoms with van der Waals surface area (Å²) in [5, 5.41) is 3.29. The summed E-state index contributed by atoms with van der Waals surface area (Å²) in [4.78, 5) is 14.2. The number of hydrogen-bond donors (Lipinski definition) is 1. The summed E-state index contributed by atoms with van der Waals surface area (Å²) in [6.45, 7) is 6.04. The zero-order valence-corrected chi connectivity index (χ0v) is 8.96. The Labute approximate surface area is 85.8 Å². The van der Waals surface area contributed by atoms with E-state index in [1.165, 1.54) is 19.3 Å². The molecule has 2 atom stereocenters. The fourth-order valence-electron chi connectivity index (χ4n) is 2.49. The van der Waals surface area contributed by atoms with E-state index in [-0.39, 0.29) is 5.92 Å². The molecule has 0 unspecified atom stereocenters. The van der Waals surface area contributed by atoms with Gasteiger partial charge in [0.05, 0.1) is 5.92 Å². The number of carbonyl (C=O) groups is 1.